The van der Waals surface area contributed by atoms with Gasteiger partial charge in [-0.15, -0.1) is 0 Å². The van der Waals surface area contributed by atoms with Crippen molar-refractivity contribution in [2.75, 3.05) is 13.2 Å². The lowest BCUT2D eigenvalue weighted by Crippen LogP contribution is -2.12. The van der Waals surface area contributed by atoms with Crippen LogP contribution in [0.5, 0.6) is 0 Å². The van der Waals surface area contributed by atoms with Gasteiger partial charge in [-0.2, -0.15) is 0 Å². The molecule has 1 aromatic heterocycles. The van der Waals surface area contributed by atoms with Crippen LogP contribution in [-0.2, 0) is 9.47 Å². The molecule has 80 valence electrons. The number of rotatable bonds is 4. The van der Waals surface area contributed by atoms with Crippen molar-refractivity contribution < 1.29 is 28.6 Å². The van der Waals surface area contributed by atoms with Crippen LogP contribution in [0.25, 0.3) is 0 Å². The highest BCUT2D eigenvalue weighted by Gasteiger charge is 2.27. The zero-order valence-corrected chi connectivity index (χ0v) is 7.63. The predicted octanol–water partition coefficient (Wildman–Crippen LogP) is 0.533. The summed E-state index contributed by atoms with van der Waals surface area (Å²) in [6, 6.07) is 1.20. The Balaban J connectivity index is 2.03. The summed E-state index contributed by atoms with van der Waals surface area (Å²) in [6.45, 7) is 0.690. The number of hydrogen-bond donors (Lipinski definition) is 1. The second-order valence-electron chi connectivity index (χ2n) is 3.02. The second-order valence-corrected chi connectivity index (χ2v) is 3.02. The third-order valence-corrected chi connectivity index (χ3v) is 1.88. The summed E-state index contributed by atoms with van der Waals surface area (Å²) in [6.07, 6.45) is 1.07. The van der Waals surface area contributed by atoms with Gasteiger partial charge in [0.05, 0.1) is 12.9 Å². The summed E-state index contributed by atoms with van der Waals surface area (Å²) in [5.74, 6) is -2.30. The fourth-order valence-corrected chi connectivity index (χ4v) is 1.03. The molecular formula is C9H8O6. The minimum Gasteiger partial charge on any atom is -0.478 e. The molecule has 1 aromatic rings. The van der Waals surface area contributed by atoms with Crippen LogP contribution >= 0.6 is 0 Å². The third-order valence-electron chi connectivity index (χ3n) is 1.88. The summed E-state index contributed by atoms with van der Waals surface area (Å²) >= 11 is 0. The van der Waals surface area contributed by atoms with Gasteiger partial charge >= 0.3 is 11.9 Å². The molecule has 6 nitrogen and oxygen atoms in total. The monoisotopic (exact) mass is 212 g/mol. The van der Waals surface area contributed by atoms with E-state index < -0.39 is 11.9 Å². The van der Waals surface area contributed by atoms with Crippen LogP contribution in [0.15, 0.2) is 16.7 Å². The van der Waals surface area contributed by atoms with Crippen molar-refractivity contribution in [3.63, 3.8) is 0 Å². The largest absolute Gasteiger partial charge is 0.478 e. The molecule has 1 atom stereocenters. The average molecular weight is 212 g/mol. The van der Waals surface area contributed by atoms with E-state index in [1.165, 1.54) is 6.07 Å². The van der Waals surface area contributed by atoms with E-state index in [2.05, 4.69) is 0 Å². The Labute approximate surface area is 84.4 Å². The fourth-order valence-electron chi connectivity index (χ4n) is 1.03. The first-order chi connectivity index (χ1) is 7.18. The van der Waals surface area contributed by atoms with Gasteiger partial charge in [0, 0.05) is 0 Å². The Morgan fingerprint density at radius 1 is 1.60 bits per heavy atom. The molecule has 0 amide bonds. The number of aromatic carboxylic acids is 1. The smallest absolute Gasteiger partial charge is 0.375 e. The lowest BCUT2D eigenvalue weighted by Gasteiger charge is -2.00. The van der Waals surface area contributed by atoms with E-state index in [1.807, 2.05) is 0 Å². The topological polar surface area (TPSA) is 89.3 Å². The molecule has 1 aliphatic heterocycles. The highest BCUT2D eigenvalue weighted by atomic mass is 16.6. The fraction of sp³-hybridized carbons (Fsp3) is 0.333. The molecule has 1 unspecified atom stereocenters. The maximum atomic E-state index is 11.3. The van der Waals surface area contributed by atoms with Crippen LogP contribution in [0.4, 0.5) is 0 Å². The number of carboxylic acid groups (broad SMARTS) is 1. The lowest BCUT2D eigenvalue weighted by molar-refractivity contribution is 0.0431. The number of hydrogen-bond acceptors (Lipinski definition) is 5. The minimum absolute atomic E-state index is 0.0582. The number of carbonyl (C=O) groups is 2. The first-order valence-electron chi connectivity index (χ1n) is 4.28. The SMILES string of the molecule is O=C(O)c1ccoc1C(=O)OCC1CO1. The van der Waals surface area contributed by atoms with Gasteiger partial charge in [-0.1, -0.05) is 0 Å². The summed E-state index contributed by atoms with van der Waals surface area (Å²) in [7, 11) is 0. The van der Waals surface area contributed by atoms with E-state index in [-0.39, 0.29) is 24.0 Å². The molecule has 0 aliphatic carbocycles. The molecule has 0 spiro atoms. The third kappa shape index (κ3) is 2.16. The average Bonchev–Trinajstić information content (AvgIpc) is 2.88. The van der Waals surface area contributed by atoms with Crippen molar-refractivity contribution >= 4 is 11.9 Å². The van der Waals surface area contributed by atoms with E-state index >= 15 is 0 Å². The molecule has 0 bridgehead atoms. The Bertz CT molecular complexity index is 389. The Morgan fingerprint density at radius 2 is 2.33 bits per heavy atom. The predicted molar refractivity (Wildman–Crippen MR) is 45.7 cm³/mol. The Hall–Kier alpha value is -1.82. The van der Waals surface area contributed by atoms with Crippen molar-refractivity contribution in [3.05, 3.63) is 23.7 Å². The van der Waals surface area contributed by atoms with E-state index in [0.717, 1.165) is 6.26 Å². The van der Waals surface area contributed by atoms with Crippen molar-refractivity contribution in [2.24, 2.45) is 0 Å². The zero-order chi connectivity index (χ0) is 10.8. The highest BCUT2D eigenvalue weighted by Crippen LogP contribution is 2.14. The molecule has 0 radical (unpaired) electrons. The van der Waals surface area contributed by atoms with Gasteiger partial charge in [-0.3, -0.25) is 0 Å². The molecule has 1 fully saturated rings. The van der Waals surface area contributed by atoms with Crippen LogP contribution in [0.2, 0.25) is 0 Å². The molecule has 1 saturated heterocycles. The Kier molecular flexibility index (Phi) is 2.42. The molecule has 6 heteroatoms. The number of ether oxygens (including phenoxy) is 2. The van der Waals surface area contributed by atoms with Crippen molar-refractivity contribution in [3.8, 4) is 0 Å². The molecule has 2 heterocycles. The quantitative estimate of drug-likeness (QED) is 0.578. The first-order valence-corrected chi connectivity index (χ1v) is 4.28. The van der Waals surface area contributed by atoms with Crippen molar-refractivity contribution in [1.82, 2.24) is 0 Å². The van der Waals surface area contributed by atoms with E-state index in [1.54, 1.807) is 0 Å². The molecule has 15 heavy (non-hydrogen) atoms. The van der Waals surface area contributed by atoms with Gasteiger partial charge in [0.2, 0.25) is 5.76 Å². The van der Waals surface area contributed by atoms with Gasteiger partial charge < -0.3 is 19.0 Å². The number of furan rings is 1. The Morgan fingerprint density at radius 3 is 2.93 bits per heavy atom. The van der Waals surface area contributed by atoms with Crippen molar-refractivity contribution in [1.29, 1.82) is 0 Å². The maximum Gasteiger partial charge on any atom is 0.375 e. The minimum atomic E-state index is -1.22. The number of carboxylic acids is 1. The lowest BCUT2D eigenvalue weighted by atomic mass is 10.2. The summed E-state index contributed by atoms with van der Waals surface area (Å²) in [5, 5.41) is 8.70. The summed E-state index contributed by atoms with van der Waals surface area (Å²) < 4.78 is 14.4. The zero-order valence-electron chi connectivity index (χ0n) is 7.63. The molecular weight excluding hydrogens is 204 g/mol. The van der Waals surface area contributed by atoms with Crippen LogP contribution in [0.1, 0.15) is 20.9 Å². The standard InChI is InChI=1S/C9H8O6/c10-8(11)6-1-2-13-7(6)9(12)15-4-5-3-14-5/h1-2,5H,3-4H2,(H,10,11). The molecule has 2 rings (SSSR count). The van der Waals surface area contributed by atoms with E-state index in [0.29, 0.717) is 6.61 Å². The molecule has 1 aliphatic rings. The first kappa shape index (κ1) is 9.72. The molecule has 0 aromatic carbocycles. The van der Waals surface area contributed by atoms with Crippen molar-refractivity contribution in [2.45, 2.75) is 6.10 Å². The van der Waals surface area contributed by atoms with Gasteiger partial charge in [0.25, 0.3) is 0 Å². The number of carbonyl (C=O) groups excluding carboxylic acids is 1. The van der Waals surface area contributed by atoms with Gasteiger partial charge in [0.1, 0.15) is 18.3 Å². The van der Waals surface area contributed by atoms with Crippen LogP contribution < -0.4 is 0 Å². The number of epoxide rings is 1. The van der Waals surface area contributed by atoms with Gasteiger partial charge in [0.15, 0.2) is 0 Å². The maximum absolute atomic E-state index is 11.3. The summed E-state index contributed by atoms with van der Waals surface area (Å²) in [4.78, 5) is 22.0. The number of esters is 1. The molecule has 0 saturated carbocycles. The van der Waals surface area contributed by atoms with Gasteiger partial charge in [-0.25, -0.2) is 9.59 Å². The van der Waals surface area contributed by atoms with Crippen LogP contribution in [0, 0.1) is 0 Å². The normalized spacial score (nSPS) is 18.5. The highest BCUT2D eigenvalue weighted by molar-refractivity contribution is 6.00. The van der Waals surface area contributed by atoms with Crippen LogP contribution in [-0.4, -0.2) is 36.4 Å². The van der Waals surface area contributed by atoms with E-state index in [4.69, 9.17) is 19.0 Å². The molecule has 1 N–H and O–H groups in total. The van der Waals surface area contributed by atoms with E-state index in [9.17, 15) is 9.59 Å². The summed E-state index contributed by atoms with van der Waals surface area (Å²) in [5.41, 5.74) is -0.197. The van der Waals surface area contributed by atoms with Gasteiger partial charge in [-0.05, 0) is 6.07 Å². The second kappa shape index (κ2) is 3.74. The van der Waals surface area contributed by atoms with Crippen LogP contribution in [0.3, 0.4) is 0 Å².